The Bertz CT molecular complexity index is 871. The molecule has 2 unspecified atom stereocenters. The third-order valence-electron chi connectivity index (χ3n) is 5.53. The number of hydrogen-bond acceptors (Lipinski definition) is 4. The number of aliphatic hydroxyl groups is 2. The Labute approximate surface area is 183 Å². The Morgan fingerprint density at radius 1 is 1.06 bits per heavy atom. The molecule has 0 aromatic heterocycles. The molecule has 2 atom stereocenters. The number of rotatable bonds is 6. The number of ketones is 1. The summed E-state index contributed by atoms with van der Waals surface area (Å²) in [6, 6.07) is 12.6. The molecule has 1 saturated heterocycles. The SMILES string of the molecule is Cl.O=C(c1ccccc1)C(O)CC(F)N1CCC(O)(c2cccc(C(F)(F)F)c2)CC1. The van der Waals surface area contributed by atoms with Gasteiger partial charge in [-0.05, 0) is 30.5 Å². The molecule has 3 rings (SSSR count). The first-order chi connectivity index (χ1) is 14.1. The van der Waals surface area contributed by atoms with Crippen molar-refractivity contribution < 1.29 is 32.6 Å². The minimum atomic E-state index is -4.52. The highest BCUT2D eigenvalue weighted by Crippen LogP contribution is 2.37. The minimum absolute atomic E-state index is 0. The zero-order valence-corrected chi connectivity index (χ0v) is 17.4. The van der Waals surface area contributed by atoms with E-state index in [1.807, 2.05) is 0 Å². The molecule has 2 N–H and O–H groups in total. The lowest BCUT2D eigenvalue weighted by atomic mass is 9.83. The molecule has 0 amide bonds. The average molecular weight is 462 g/mol. The molecule has 0 radical (unpaired) electrons. The predicted molar refractivity (Wildman–Crippen MR) is 110 cm³/mol. The molecule has 1 aliphatic heterocycles. The summed E-state index contributed by atoms with van der Waals surface area (Å²) in [6.07, 6.45) is -7.98. The highest BCUT2D eigenvalue weighted by atomic mass is 35.5. The van der Waals surface area contributed by atoms with Crippen molar-refractivity contribution in [2.24, 2.45) is 0 Å². The summed E-state index contributed by atoms with van der Waals surface area (Å²) < 4.78 is 53.5. The van der Waals surface area contributed by atoms with Gasteiger partial charge in [-0.15, -0.1) is 12.4 Å². The van der Waals surface area contributed by atoms with E-state index in [-0.39, 0.29) is 49.5 Å². The van der Waals surface area contributed by atoms with Crippen LogP contribution < -0.4 is 0 Å². The molecule has 0 bridgehead atoms. The molecule has 1 aliphatic rings. The summed E-state index contributed by atoms with van der Waals surface area (Å²) in [5, 5.41) is 20.9. The zero-order valence-electron chi connectivity index (χ0n) is 16.6. The van der Waals surface area contributed by atoms with Gasteiger partial charge in [-0.2, -0.15) is 13.2 Å². The highest BCUT2D eigenvalue weighted by Gasteiger charge is 2.39. The van der Waals surface area contributed by atoms with Gasteiger partial charge in [0.1, 0.15) is 6.10 Å². The van der Waals surface area contributed by atoms with Crippen molar-refractivity contribution in [1.29, 1.82) is 0 Å². The second-order valence-electron chi connectivity index (χ2n) is 7.56. The van der Waals surface area contributed by atoms with E-state index in [4.69, 9.17) is 0 Å². The van der Waals surface area contributed by atoms with Crippen molar-refractivity contribution in [2.45, 2.75) is 43.4 Å². The average Bonchev–Trinajstić information content (AvgIpc) is 2.73. The van der Waals surface area contributed by atoms with E-state index in [2.05, 4.69) is 0 Å². The topological polar surface area (TPSA) is 60.8 Å². The lowest BCUT2D eigenvalue weighted by Crippen LogP contribution is -2.47. The molecule has 0 spiro atoms. The second-order valence-corrected chi connectivity index (χ2v) is 7.56. The van der Waals surface area contributed by atoms with Gasteiger partial charge in [0.2, 0.25) is 0 Å². The largest absolute Gasteiger partial charge is 0.416 e. The van der Waals surface area contributed by atoms with Gasteiger partial charge in [0, 0.05) is 25.1 Å². The Kier molecular flexibility index (Phi) is 8.21. The Balaban J connectivity index is 0.00000341. The van der Waals surface area contributed by atoms with E-state index in [1.165, 1.54) is 29.2 Å². The van der Waals surface area contributed by atoms with Crippen LogP contribution in [0.1, 0.15) is 40.7 Å². The highest BCUT2D eigenvalue weighted by molar-refractivity contribution is 5.99. The number of carbonyl (C=O) groups excluding carboxylic acids is 1. The van der Waals surface area contributed by atoms with E-state index in [9.17, 15) is 32.6 Å². The van der Waals surface area contributed by atoms with E-state index < -0.39 is 41.9 Å². The summed E-state index contributed by atoms with van der Waals surface area (Å²) in [5.74, 6) is -0.573. The number of aliphatic hydroxyl groups excluding tert-OH is 1. The van der Waals surface area contributed by atoms with Gasteiger partial charge in [0.05, 0.1) is 11.2 Å². The Morgan fingerprint density at radius 3 is 2.26 bits per heavy atom. The standard InChI is InChI=1S/C22H23F4NO3.ClH/c23-19(14-18(28)20(29)15-5-2-1-3-6-15)27-11-9-21(30,10-12-27)16-7-4-8-17(13-16)22(24,25)26;/h1-8,13,18-19,28,30H,9-12,14H2;1H. The number of alkyl halides is 4. The molecule has 0 saturated carbocycles. The van der Waals surface area contributed by atoms with Crippen molar-refractivity contribution >= 4 is 18.2 Å². The van der Waals surface area contributed by atoms with Crippen LogP contribution in [0.5, 0.6) is 0 Å². The van der Waals surface area contributed by atoms with Crippen molar-refractivity contribution in [3.05, 3.63) is 71.3 Å². The number of likely N-dealkylation sites (tertiary alicyclic amines) is 1. The first kappa shape index (κ1) is 25.3. The number of halogens is 5. The molecule has 2 aromatic carbocycles. The van der Waals surface area contributed by atoms with Gasteiger partial charge < -0.3 is 10.2 Å². The van der Waals surface area contributed by atoms with Crippen molar-refractivity contribution in [3.63, 3.8) is 0 Å². The molecule has 9 heteroatoms. The molecule has 31 heavy (non-hydrogen) atoms. The summed E-state index contributed by atoms with van der Waals surface area (Å²) in [7, 11) is 0. The molecule has 2 aromatic rings. The second kappa shape index (κ2) is 10.1. The number of benzene rings is 2. The van der Waals surface area contributed by atoms with Crippen LogP contribution in [0.3, 0.4) is 0 Å². The van der Waals surface area contributed by atoms with E-state index >= 15 is 0 Å². The number of piperidine rings is 1. The predicted octanol–water partition coefficient (Wildman–Crippen LogP) is 4.34. The molecule has 170 valence electrons. The van der Waals surface area contributed by atoms with Crippen LogP contribution in [-0.2, 0) is 11.8 Å². The fourth-order valence-corrected chi connectivity index (χ4v) is 3.68. The third kappa shape index (κ3) is 6.04. The van der Waals surface area contributed by atoms with Gasteiger partial charge in [-0.25, -0.2) is 4.39 Å². The minimum Gasteiger partial charge on any atom is -0.385 e. The van der Waals surface area contributed by atoms with Crippen molar-refractivity contribution in [3.8, 4) is 0 Å². The quantitative estimate of drug-likeness (QED) is 0.382. The first-order valence-electron chi connectivity index (χ1n) is 9.66. The van der Waals surface area contributed by atoms with Crippen molar-refractivity contribution in [2.75, 3.05) is 13.1 Å². The number of carbonyl (C=O) groups is 1. The van der Waals surface area contributed by atoms with E-state index in [1.54, 1.807) is 18.2 Å². The molecule has 1 heterocycles. The van der Waals surface area contributed by atoms with Gasteiger partial charge in [0.25, 0.3) is 0 Å². The van der Waals surface area contributed by atoms with Gasteiger partial charge >= 0.3 is 6.18 Å². The van der Waals surface area contributed by atoms with Crippen LogP contribution in [0, 0.1) is 0 Å². The first-order valence-corrected chi connectivity index (χ1v) is 9.66. The van der Waals surface area contributed by atoms with Crippen LogP contribution in [0.15, 0.2) is 54.6 Å². The summed E-state index contributed by atoms with van der Waals surface area (Å²) in [4.78, 5) is 13.6. The van der Waals surface area contributed by atoms with E-state index in [0.717, 1.165) is 12.1 Å². The van der Waals surface area contributed by atoms with Gasteiger partial charge in [-0.3, -0.25) is 9.69 Å². The Hall–Kier alpha value is -2.00. The lowest BCUT2D eigenvalue weighted by Gasteiger charge is -2.40. The molecule has 4 nitrogen and oxygen atoms in total. The molecule has 0 aliphatic carbocycles. The van der Waals surface area contributed by atoms with Crippen LogP contribution >= 0.6 is 12.4 Å². The van der Waals surface area contributed by atoms with Crippen molar-refractivity contribution in [1.82, 2.24) is 4.90 Å². The normalized spacial score (nSPS) is 18.6. The number of Topliss-reactive ketones (excluding diaryl/α,β-unsaturated/α-hetero) is 1. The van der Waals surface area contributed by atoms with Crippen LogP contribution in [0.4, 0.5) is 17.6 Å². The molecule has 1 fully saturated rings. The maximum Gasteiger partial charge on any atom is 0.416 e. The maximum atomic E-state index is 14.7. The Morgan fingerprint density at radius 2 is 1.68 bits per heavy atom. The summed E-state index contributed by atoms with van der Waals surface area (Å²) in [6.45, 7) is 0.167. The maximum absolute atomic E-state index is 14.7. The number of hydrogen-bond donors (Lipinski definition) is 2. The summed E-state index contributed by atoms with van der Waals surface area (Å²) in [5.41, 5.74) is -1.90. The fraction of sp³-hybridized carbons (Fsp3) is 0.409. The van der Waals surface area contributed by atoms with Gasteiger partial charge in [0.15, 0.2) is 12.1 Å². The smallest absolute Gasteiger partial charge is 0.385 e. The van der Waals surface area contributed by atoms with Crippen LogP contribution in [-0.4, -0.2) is 46.4 Å². The third-order valence-corrected chi connectivity index (χ3v) is 5.53. The lowest BCUT2D eigenvalue weighted by molar-refractivity contribution is -0.137. The molecular formula is C22H24ClF4NO3. The zero-order chi connectivity index (χ0) is 21.9. The van der Waals surface area contributed by atoms with E-state index in [0.29, 0.717) is 0 Å². The monoisotopic (exact) mass is 461 g/mol. The molecular weight excluding hydrogens is 438 g/mol. The number of nitrogens with zero attached hydrogens (tertiary/aromatic N) is 1. The summed E-state index contributed by atoms with van der Waals surface area (Å²) >= 11 is 0. The fourth-order valence-electron chi connectivity index (χ4n) is 3.68. The van der Waals surface area contributed by atoms with Crippen LogP contribution in [0.25, 0.3) is 0 Å². The van der Waals surface area contributed by atoms with Gasteiger partial charge in [-0.1, -0.05) is 42.5 Å². The van der Waals surface area contributed by atoms with Crippen LogP contribution in [0.2, 0.25) is 0 Å².